The van der Waals surface area contributed by atoms with Gasteiger partial charge in [-0.3, -0.25) is 9.88 Å². The topological polar surface area (TPSA) is 64.3 Å². The molecule has 0 bridgehead atoms. The van der Waals surface area contributed by atoms with Crippen LogP contribution in [0.25, 0.3) is 0 Å². The minimum absolute atomic E-state index is 0.386. The molecule has 0 spiro atoms. The average molecular weight is 236 g/mol. The molecule has 1 fully saturated rings. The SMILES string of the molecule is CCN(Cc1cnc(N)cn1)CC1CCCO1. The number of likely N-dealkylation sites (N-methyl/N-ethyl adjacent to an activating group) is 1. The maximum Gasteiger partial charge on any atom is 0.141 e. The molecule has 0 saturated carbocycles. The summed E-state index contributed by atoms with van der Waals surface area (Å²) in [5.41, 5.74) is 6.47. The van der Waals surface area contributed by atoms with E-state index >= 15 is 0 Å². The van der Waals surface area contributed by atoms with Crippen LogP contribution >= 0.6 is 0 Å². The molecule has 5 heteroatoms. The number of nitrogens with two attached hydrogens (primary N) is 1. The van der Waals surface area contributed by atoms with Crippen molar-refractivity contribution >= 4 is 5.82 Å². The van der Waals surface area contributed by atoms with Crippen molar-refractivity contribution in [2.24, 2.45) is 0 Å². The van der Waals surface area contributed by atoms with Crippen molar-refractivity contribution in [2.45, 2.75) is 32.4 Å². The zero-order valence-electron chi connectivity index (χ0n) is 10.3. The molecule has 0 amide bonds. The van der Waals surface area contributed by atoms with E-state index in [1.165, 1.54) is 12.8 Å². The third-order valence-corrected chi connectivity index (χ3v) is 3.04. The lowest BCUT2D eigenvalue weighted by Gasteiger charge is -2.23. The molecule has 1 aliphatic rings. The number of aromatic nitrogens is 2. The molecule has 0 aromatic carbocycles. The summed E-state index contributed by atoms with van der Waals surface area (Å²) in [5.74, 6) is 0.468. The van der Waals surface area contributed by atoms with Crippen molar-refractivity contribution in [2.75, 3.05) is 25.4 Å². The third kappa shape index (κ3) is 3.64. The second-order valence-corrected chi connectivity index (χ2v) is 4.40. The average Bonchev–Trinajstić information content (AvgIpc) is 2.84. The summed E-state index contributed by atoms with van der Waals surface area (Å²) in [6.45, 7) is 5.84. The van der Waals surface area contributed by atoms with Crippen LogP contribution in [0.15, 0.2) is 12.4 Å². The van der Waals surface area contributed by atoms with E-state index in [0.29, 0.717) is 11.9 Å². The molecule has 2 rings (SSSR count). The minimum Gasteiger partial charge on any atom is -0.382 e. The van der Waals surface area contributed by atoms with Gasteiger partial charge in [-0.15, -0.1) is 0 Å². The van der Waals surface area contributed by atoms with E-state index in [-0.39, 0.29) is 0 Å². The molecular formula is C12H20N4O. The molecule has 2 N–H and O–H groups in total. The molecule has 5 nitrogen and oxygen atoms in total. The van der Waals surface area contributed by atoms with Crippen LogP contribution in [0.4, 0.5) is 5.82 Å². The van der Waals surface area contributed by atoms with Gasteiger partial charge in [0.15, 0.2) is 0 Å². The van der Waals surface area contributed by atoms with Gasteiger partial charge in [0.1, 0.15) is 5.82 Å². The first-order valence-corrected chi connectivity index (χ1v) is 6.18. The van der Waals surface area contributed by atoms with Crippen molar-refractivity contribution in [3.05, 3.63) is 18.1 Å². The van der Waals surface area contributed by atoms with E-state index < -0.39 is 0 Å². The van der Waals surface area contributed by atoms with Gasteiger partial charge in [-0.1, -0.05) is 6.92 Å². The van der Waals surface area contributed by atoms with E-state index in [1.54, 1.807) is 12.4 Å². The van der Waals surface area contributed by atoms with Gasteiger partial charge in [-0.25, -0.2) is 4.98 Å². The molecular weight excluding hydrogens is 216 g/mol. The number of rotatable bonds is 5. The summed E-state index contributed by atoms with van der Waals surface area (Å²) < 4.78 is 5.64. The number of hydrogen-bond donors (Lipinski definition) is 1. The van der Waals surface area contributed by atoms with Gasteiger partial charge in [0.05, 0.1) is 24.2 Å². The van der Waals surface area contributed by atoms with E-state index in [0.717, 1.165) is 31.9 Å². The van der Waals surface area contributed by atoms with Gasteiger partial charge in [-0.2, -0.15) is 0 Å². The van der Waals surface area contributed by atoms with Crippen LogP contribution in [-0.2, 0) is 11.3 Å². The van der Waals surface area contributed by atoms with Crippen molar-refractivity contribution in [3.63, 3.8) is 0 Å². The fourth-order valence-corrected chi connectivity index (χ4v) is 2.06. The lowest BCUT2D eigenvalue weighted by molar-refractivity contribution is 0.0720. The third-order valence-electron chi connectivity index (χ3n) is 3.04. The first-order chi connectivity index (χ1) is 8.28. The Morgan fingerprint density at radius 3 is 2.94 bits per heavy atom. The molecule has 0 aliphatic carbocycles. The van der Waals surface area contributed by atoms with E-state index in [4.69, 9.17) is 10.5 Å². The second kappa shape index (κ2) is 5.93. The number of ether oxygens (including phenoxy) is 1. The highest BCUT2D eigenvalue weighted by atomic mass is 16.5. The van der Waals surface area contributed by atoms with Gasteiger partial charge in [0, 0.05) is 19.7 Å². The molecule has 2 heterocycles. The fourth-order valence-electron chi connectivity index (χ4n) is 2.06. The maximum absolute atomic E-state index is 5.64. The lowest BCUT2D eigenvalue weighted by atomic mass is 10.2. The molecule has 94 valence electrons. The molecule has 1 aromatic rings. The highest BCUT2D eigenvalue weighted by Crippen LogP contribution is 2.14. The Bertz CT molecular complexity index is 335. The minimum atomic E-state index is 0.386. The smallest absolute Gasteiger partial charge is 0.141 e. The van der Waals surface area contributed by atoms with E-state index in [9.17, 15) is 0 Å². The largest absolute Gasteiger partial charge is 0.382 e. The van der Waals surface area contributed by atoms with Crippen molar-refractivity contribution < 1.29 is 4.74 Å². The van der Waals surface area contributed by atoms with Crippen LogP contribution in [0.3, 0.4) is 0 Å². The van der Waals surface area contributed by atoms with Crippen LogP contribution in [0.2, 0.25) is 0 Å². The quantitative estimate of drug-likeness (QED) is 0.828. The Morgan fingerprint density at radius 1 is 1.47 bits per heavy atom. The van der Waals surface area contributed by atoms with Gasteiger partial charge in [-0.05, 0) is 19.4 Å². The van der Waals surface area contributed by atoms with Crippen LogP contribution in [0.1, 0.15) is 25.5 Å². The Balaban J connectivity index is 1.87. The monoisotopic (exact) mass is 236 g/mol. The van der Waals surface area contributed by atoms with Crippen molar-refractivity contribution in [1.29, 1.82) is 0 Å². The Labute approximate surface area is 102 Å². The first kappa shape index (κ1) is 12.3. The molecule has 17 heavy (non-hydrogen) atoms. The van der Waals surface area contributed by atoms with Gasteiger partial charge in [0.25, 0.3) is 0 Å². The van der Waals surface area contributed by atoms with E-state index in [2.05, 4.69) is 21.8 Å². The second-order valence-electron chi connectivity index (χ2n) is 4.40. The van der Waals surface area contributed by atoms with Crippen LogP contribution in [-0.4, -0.2) is 40.7 Å². The normalized spacial score (nSPS) is 20.0. The standard InChI is InChI=1S/C12H20N4O/c1-2-16(9-11-4-3-5-17-11)8-10-6-15-12(13)7-14-10/h6-7,11H,2-5,8-9H2,1H3,(H2,13,15). The van der Waals surface area contributed by atoms with Crippen molar-refractivity contribution in [1.82, 2.24) is 14.9 Å². The Kier molecular flexibility index (Phi) is 4.28. The molecule has 0 radical (unpaired) electrons. The van der Waals surface area contributed by atoms with Crippen LogP contribution in [0, 0.1) is 0 Å². The number of nitrogens with zero attached hydrogens (tertiary/aromatic N) is 3. The first-order valence-electron chi connectivity index (χ1n) is 6.18. The molecule has 1 aliphatic heterocycles. The number of anilines is 1. The Hall–Kier alpha value is -1.20. The van der Waals surface area contributed by atoms with Crippen LogP contribution < -0.4 is 5.73 Å². The van der Waals surface area contributed by atoms with Gasteiger partial charge < -0.3 is 10.5 Å². The zero-order valence-corrected chi connectivity index (χ0v) is 10.3. The summed E-state index contributed by atoms with van der Waals surface area (Å²) >= 11 is 0. The summed E-state index contributed by atoms with van der Waals surface area (Å²) in [4.78, 5) is 10.7. The maximum atomic E-state index is 5.64. The zero-order chi connectivity index (χ0) is 12.1. The van der Waals surface area contributed by atoms with Gasteiger partial charge >= 0.3 is 0 Å². The summed E-state index contributed by atoms with van der Waals surface area (Å²) in [5, 5.41) is 0. The predicted octanol–water partition coefficient (Wildman–Crippen LogP) is 1.06. The van der Waals surface area contributed by atoms with Gasteiger partial charge in [0.2, 0.25) is 0 Å². The van der Waals surface area contributed by atoms with E-state index in [1.807, 2.05) is 0 Å². The highest BCUT2D eigenvalue weighted by molar-refractivity contribution is 5.22. The molecule has 1 aromatic heterocycles. The Morgan fingerprint density at radius 2 is 2.35 bits per heavy atom. The predicted molar refractivity (Wildman–Crippen MR) is 66.4 cm³/mol. The summed E-state index contributed by atoms with van der Waals surface area (Å²) in [7, 11) is 0. The molecule has 1 unspecified atom stereocenters. The highest BCUT2D eigenvalue weighted by Gasteiger charge is 2.18. The van der Waals surface area contributed by atoms with Crippen molar-refractivity contribution in [3.8, 4) is 0 Å². The molecule has 1 atom stereocenters. The van der Waals surface area contributed by atoms with Crippen LogP contribution in [0.5, 0.6) is 0 Å². The summed E-state index contributed by atoms with van der Waals surface area (Å²) in [6.07, 6.45) is 6.09. The summed E-state index contributed by atoms with van der Waals surface area (Å²) in [6, 6.07) is 0. The molecule has 1 saturated heterocycles. The fraction of sp³-hybridized carbons (Fsp3) is 0.667. The number of hydrogen-bond acceptors (Lipinski definition) is 5. The number of nitrogen functional groups attached to an aromatic ring is 1. The lowest BCUT2D eigenvalue weighted by Crippen LogP contribution is -2.32.